The highest BCUT2D eigenvalue weighted by Crippen LogP contribution is 2.18. The first-order valence-electron chi connectivity index (χ1n) is 4.61. The lowest BCUT2D eigenvalue weighted by atomic mass is 10.3. The highest BCUT2D eigenvalue weighted by Gasteiger charge is 2.05. The fourth-order valence-corrected chi connectivity index (χ4v) is 1.40. The maximum Gasteiger partial charge on any atom is 0.310 e. The maximum absolute atomic E-state index is 10.9. The molecule has 0 aliphatic heterocycles. The first-order valence-corrected chi connectivity index (χ1v) is 6.42. The van der Waals surface area contributed by atoms with E-state index in [4.69, 9.17) is 4.74 Å². The number of esters is 1. The van der Waals surface area contributed by atoms with Crippen molar-refractivity contribution in [2.75, 3.05) is 6.26 Å². The van der Waals surface area contributed by atoms with E-state index in [0.717, 1.165) is 6.26 Å². The van der Waals surface area contributed by atoms with Crippen LogP contribution in [0, 0.1) is 0 Å². The highest BCUT2D eigenvalue weighted by atomic mass is 32.2. The quantitative estimate of drug-likeness (QED) is 0.454. The molecule has 0 spiro atoms. The molecule has 0 N–H and O–H groups in total. The smallest absolute Gasteiger partial charge is 0.310 e. The van der Waals surface area contributed by atoms with E-state index in [9.17, 15) is 13.2 Å². The summed E-state index contributed by atoms with van der Waals surface area (Å²) in [6, 6.07) is 5.76. The van der Waals surface area contributed by atoms with Gasteiger partial charge in [0.15, 0.2) is 0 Å². The lowest BCUT2D eigenvalue weighted by molar-refractivity contribution is -0.134. The monoisotopic (exact) mass is 244 g/mol. The summed E-state index contributed by atoms with van der Waals surface area (Å²) in [6.07, 6.45) is 1.24. The van der Waals surface area contributed by atoms with E-state index in [1.54, 1.807) is 6.92 Å². The van der Waals surface area contributed by atoms with Gasteiger partial charge in [0.25, 0.3) is 0 Å². The third-order valence-electron chi connectivity index (χ3n) is 1.59. The zero-order valence-corrected chi connectivity index (χ0v) is 9.78. The summed E-state index contributed by atoms with van der Waals surface area (Å²) in [6.45, 7) is 1.68. The highest BCUT2D eigenvalue weighted by molar-refractivity contribution is 7.86. The molecule has 0 radical (unpaired) electrons. The Labute approximate surface area is 94.1 Å². The van der Waals surface area contributed by atoms with Crippen LogP contribution in [0.15, 0.2) is 24.3 Å². The minimum atomic E-state index is -3.53. The van der Waals surface area contributed by atoms with Crippen molar-refractivity contribution >= 4 is 16.1 Å². The summed E-state index contributed by atoms with van der Waals surface area (Å²) in [7, 11) is -3.53. The summed E-state index contributed by atoms with van der Waals surface area (Å²) in [5, 5.41) is 0. The topological polar surface area (TPSA) is 69.7 Å². The summed E-state index contributed by atoms with van der Waals surface area (Å²) < 4.78 is 31.1. The van der Waals surface area contributed by atoms with E-state index in [0.29, 0.717) is 5.75 Å². The Kier molecular flexibility index (Phi) is 3.89. The molecule has 88 valence electrons. The zero-order chi connectivity index (χ0) is 12.2. The summed E-state index contributed by atoms with van der Waals surface area (Å²) in [4.78, 5) is 10.9. The minimum absolute atomic E-state index is 0.179. The van der Waals surface area contributed by atoms with Gasteiger partial charge in [-0.05, 0) is 24.3 Å². The predicted molar refractivity (Wildman–Crippen MR) is 57.8 cm³/mol. The average molecular weight is 244 g/mol. The molecule has 0 aliphatic rings. The second kappa shape index (κ2) is 4.98. The maximum atomic E-state index is 10.9. The number of ether oxygens (including phenoxy) is 1. The average Bonchev–Trinajstić information content (AvgIpc) is 2.18. The summed E-state index contributed by atoms with van der Waals surface area (Å²) in [5.74, 6) is 0.184. The van der Waals surface area contributed by atoms with Gasteiger partial charge >= 0.3 is 16.1 Å². The number of benzene rings is 1. The van der Waals surface area contributed by atoms with E-state index in [2.05, 4.69) is 4.18 Å². The Morgan fingerprint density at radius 1 is 1.19 bits per heavy atom. The third-order valence-corrected chi connectivity index (χ3v) is 2.09. The molecule has 0 heterocycles. The van der Waals surface area contributed by atoms with E-state index >= 15 is 0 Å². The molecule has 0 fully saturated rings. The fourth-order valence-electron chi connectivity index (χ4n) is 0.942. The summed E-state index contributed by atoms with van der Waals surface area (Å²) >= 11 is 0. The van der Waals surface area contributed by atoms with Crippen molar-refractivity contribution in [1.82, 2.24) is 0 Å². The molecule has 0 aliphatic carbocycles. The second-order valence-corrected chi connectivity index (χ2v) is 4.66. The van der Waals surface area contributed by atoms with Crippen LogP contribution < -0.4 is 8.92 Å². The summed E-state index contributed by atoms with van der Waals surface area (Å²) in [5.41, 5.74) is 0. The van der Waals surface area contributed by atoms with Crippen LogP contribution in [-0.4, -0.2) is 20.6 Å². The molecular formula is C10H12O5S. The molecule has 0 saturated carbocycles. The molecular weight excluding hydrogens is 232 g/mol. The molecule has 0 saturated heterocycles. The van der Waals surface area contributed by atoms with E-state index < -0.39 is 10.1 Å². The Bertz CT molecular complexity index is 460. The van der Waals surface area contributed by atoms with E-state index in [1.165, 1.54) is 24.3 Å². The number of hydrogen-bond acceptors (Lipinski definition) is 5. The SMILES string of the molecule is CCC(=O)Oc1ccc(OS(C)(=O)=O)cc1. The zero-order valence-electron chi connectivity index (χ0n) is 8.97. The molecule has 1 aromatic rings. The van der Waals surface area contributed by atoms with Crippen molar-refractivity contribution in [2.24, 2.45) is 0 Å². The minimum Gasteiger partial charge on any atom is -0.427 e. The van der Waals surface area contributed by atoms with Crippen LogP contribution in [-0.2, 0) is 14.9 Å². The van der Waals surface area contributed by atoms with Gasteiger partial charge in [-0.15, -0.1) is 0 Å². The van der Waals surface area contributed by atoms with E-state index in [-0.39, 0.29) is 18.1 Å². The Hall–Kier alpha value is -1.56. The van der Waals surface area contributed by atoms with Crippen molar-refractivity contribution < 1.29 is 22.1 Å². The normalized spacial score (nSPS) is 10.9. The van der Waals surface area contributed by atoms with Crippen LogP contribution in [0.2, 0.25) is 0 Å². The van der Waals surface area contributed by atoms with Gasteiger partial charge in [-0.25, -0.2) is 0 Å². The molecule has 0 amide bonds. The number of carbonyl (C=O) groups is 1. The first kappa shape index (κ1) is 12.5. The molecule has 1 rings (SSSR count). The Balaban J connectivity index is 2.72. The lowest BCUT2D eigenvalue weighted by Gasteiger charge is -2.04. The molecule has 5 nitrogen and oxygen atoms in total. The van der Waals surface area contributed by atoms with Crippen LogP contribution in [0.5, 0.6) is 11.5 Å². The predicted octanol–water partition coefficient (Wildman–Crippen LogP) is 1.34. The standard InChI is InChI=1S/C10H12O5S/c1-3-10(11)14-8-4-6-9(7-5-8)15-16(2,12)13/h4-7H,3H2,1-2H3. The second-order valence-electron chi connectivity index (χ2n) is 3.09. The first-order chi connectivity index (χ1) is 7.40. The van der Waals surface area contributed by atoms with Crippen LogP contribution >= 0.6 is 0 Å². The van der Waals surface area contributed by atoms with Gasteiger partial charge in [0.05, 0.1) is 6.26 Å². The number of carbonyl (C=O) groups excluding carboxylic acids is 1. The largest absolute Gasteiger partial charge is 0.427 e. The van der Waals surface area contributed by atoms with Crippen LogP contribution in [0.25, 0.3) is 0 Å². The number of rotatable bonds is 4. The van der Waals surface area contributed by atoms with Crippen LogP contribution in [0.4, 0.5) is 0 Å². The molecule has 6 heteroatoms. The lowest BCUT2D eigenvalue weighted by Crippen LogP contribution is -2.07. The van der Waals surface area contributed by atoms with Crippen molar-refractivity contribution in [2.45, 2.75) is 13.3 Å². The third kappa shape index (κ3) is 4.31. The van der Waals surface area contributed by atoms with Crippen molar-refractivity contribution in [1.29, 1.82) is 0 Å². The number of hydrogen-bond donors (Lipinski definition) is 0. The van der Waals surface area contributed by atoms with Crippen molar-refractivity contribution in [3.8, 4) is 11.5 Å². The molecule has 0 unspecified atom stereocenters. The molecule has 0 aromatic heterocycles. The molecule has 16 heavy (non-hydrogen) atoms. The Morgan fingerprint density at radius 2 is 1.69 bits per heavy atom. The van der Waals surface area contributed by atoms with Crippen LogP contribution in [0.3, 0.4) is 0 Å². The molecule has 0 atom stereocenters. The van der Waals surface area contributed by atoms with Gasteiger partial charge in [-0.3, -0.25) is 4.79 Å². The fraction of sp³-hybridized carbons (Fsp3) is 0.300. The van der Waals surface area contributed by atoms with E-state index in [1.807, 2.05) is 0 Å². The van der Waals surface area contributed by atoms with Gasteiger partial charge in [0.2, 0.25) is 0 Å². The van der Waals surface area contributed by atoms with Crippen molar-refractivity contribution in [3.63, 3.8) is 0 Å². The van der Waals surface area contributed by atoms with Crippen LogP contribution in [0.1, 0.15) is 13.3 Å². The molecule has 1 aromatic carbocycles. The van der Waals surface area contributed by atoms with Gasteiger partial charge in [-0.2, -0.15) is 8.42 Å². The Morgan fingerprint density at radius 3 is 2.12 bits per heavy atom. The van der Waals surface area contributed by atoms with Crippen molar-refractivity contribution in [3.05, 3.63) is 24.3 Å². The van der Waals surface area contributed by atoms with Gasteiger partial charge in [-0.1, -0.05) is 6.92 Å². The van der Waals surface area contributed by atoms with Gasteiger partial charge in [0, 0.05) is 6.42 Å². The van der Waals surface area contributed by atoms with Gasteiger partial charge in [0.1, 0.15) is 11.5 Å². The molecule has 0 bridgehead atoms. The van der Waals surface area contributed by atoms with Gasteiger partial charge < -0.3 is 8.92 Å².